The minimum absolute atomic E-state index is 0.161. The summed E-state index contributed by atoms with van der Waals surface area (Å²) in [6.45, 7) is 0. The Labute approximate surface area is 96.3 Å². The predicted octanol–water partition coefficient (Wildman–Crippen LogP) is 3.16. The van der Waals surface area contributed by atoms with E-state index in [1.807, 2.05) is 24.3 Å². The molecule has 1 saturated carbocycles. The zero-order chi connectivity index (χ0) is 11.4. The van der Waals surface area contributed by atoms with Gasteiger partial charge in [0.2, 0.25) is 0 Å². The van der Waals surface area contributed by atoms with Crippen LogP contribution in [0.3, 0.4) is 0 Å². The van der Waals surface area contributed by atoms with Crippen LogP contribution in [0.1, 0.15) is 44.1 Å². The highest BCUT2D eigenvalue weighted by atomic mass is 16.4. The number of aliphatic carboxylic acids is 1. The topological polar surface area (TPSA) is 37.3 Å². The summed E-state index contributed by atoms with van der Waals surface area (Å²) < 4.78 is 0. The molecule has 0 spiro atoms. The Hall–Kier alpha value is -1.31. The second-order valence-corrected chi connectivity index (χ2v) is 4.69. The molecule has 0 bridgehead atoms. The van der Waals surface area contributed by atoms with Crippen LogP contribution in [0.25, 0.3) is 0 Å². The fourth-order valence-electron chi connectivity index (χ4n) is 2.78. The number of hydrogen-bond acceptors (Lipinski definition) is 1. The minimum atomic E-state index is -0.695. The molecule has 0 saturated heterocycles. The van der Waals surface area contributed by atoms with Crippen LogP contribution in [-0.4, -0.2) is 11.1 Å². The number of carboxylic acids is 1. The SMILES string of the molecule is O=C(O)CC1(c2[c]cccc2)CCCCC1. The summed E-state index contributed by atoms with van der Waals surface area (Å²) in [4.78, 5) is 11.0. The van der Waals surface area contributed by atoms with E-state index in [1.54, 1.807) is 0 Å². The van der Waals surface area contributed by atoms with Gasteiger partial charge in [0.25, 0.3) is 0 Å². The molecule has 0 aromatic heterocycles. The van der Waals surface area contributed by atoms with Crippen molar-refractivity contribution in [3.05, 3.63) is 35.9 Å². The summed E-state index contributed by atoms with van der Waals surface area (Å²) in [5.41, 5.74) is 0.919. The highest BCUT2D eigenvalue weighted by Gasteiger charge is 2.35. The van der Waals surface area contributed by atoms with E-state index in [-0.39, 0.29) is 11.8 Å². The van der Waals surface area contributed by atoms with Crippen molar-refractivity contribution in [3.63, 3.8) is 0 Å². The molecule has 0 heterocycles. The zero-order valence-corrected chi connectivity index (χ0v) is 9.41. The first-order valence-electron chi connectivity index (χ1n) is 5.92. The molecule has 0 unspecified atom stereocenters. The van der Waals surface area contributed by atoms with E-state index >= 15 is 0 Å². The average molecular weight is 217 g/mol. The predicted molar refractivity (Wildman–Crippen MR) is 62.3 cm³/mol. The second kappa shape index (κ2) is 4.69. The van der Waals surface area contributed by atoms with Crippen molar-refractivity contribution in [2.75, 3.05) is 0 Å². The average Bonchev–Trinajstić information content (AvgIpc) is 2.30. The van der Waals surface area contributed by atoms with E-state index < -0.39 is 5.97 Å². The molecule has 1 aromatic rings. The van der Waals surface area contributed by atoms with E-state index in [2.05, 4.69) is 6.07 Å². The lowest BCUT2D eigenvalue weighted by molar-refractivity contribution is -0.138. The van der Waals surface area contributed by atoms with Crippen LogP contribution < -0.4 is 0 Å². The Morgan fingerprint density at radius 2 is 2.06 bits per heavy atom. The lowest BCUT2D eigenvalue weighted by Gasteiger charge is -2.36. The van der Waals surface area contributed by atoms with Crippen molar-refractivity contribution in [2.24, 2.45) is 0 Å². The molecule has 1 radical (unpaired) electrons. The molecule has 1 aromatic carbocycles. The largest absolute Gasteiger partial charge is 0.481 e. The number of carboxylic acid groups (broad SMARTS) is 1. The van der Waals surface area contributed by atoms with Gasteiger partial charge in [0, 0.05) is 5.41 Å². The molecule has 1 N–H and O–H groups in total. The Morgan fingerprint density at radius 1 is 1.31 bits per heavy atom. The first-order chi connectivity index (χ1) is 7.73. The molecule has 1 fully saturated rings. The molecule has 0 aliphatic heterocycles. The van der Waals surface area contributed by atoms with Gasteiger partial charge in [-0.15, -0.1) is 0 Å². The Morgan fingerprint density at radius 3 is 2.62 bits per heavy atom. The molecule has 2 nitrogen and oxygen atoms in total. The summed E-state index contributed by atoms with van der Waals surface area (Å²) in [5, 5.41) is 9.08. The quantitative estimate of drug-likeness (QED) is 0.844. The standard InChI is InChI=1S/C14H17O2/c15-13(16)11-14(9-5-2-6-10-14)12-7-3-1-4-8-12/h1,3-4,7H,2,5-6,9-11H2,(H,15,16). The van der Waals surface area contributed by atoms with Crippen molar-refractivity contribution >= 4 is 5.97 Å². The molecule has 2 rings (SSSR count). The van der Waals surface area contributed by atoms with E-state index in [1.165, 1.54) is 6.42 Å². The molecular formula is C14H17O2. The number of benzene rings is 1. The van der Waals surface area contributed by atoms with E-state index in [0.717, 1.165) is 31.2 Å². The molecule has 16 heavy (non-hydrogen) atoms. The first kappa shape index (κ1) is 11.2. The molecule has 0 atom stereocenters. The minimum Gasteiger partial charge on any atom is -0.481 e. The molecule has 1 aliphatic carbocycles. The third kappa shape index (κ3) is 2.26. The van der Waals surface area contributed by atoms with Crippen LogP contribution in [0.4, 0.5) is 0 Å². The normalized spacial score (nSPS) is 19.2. The zero-order valence-electron chi connectivity index (χ0n) is 9.41. The molecule has 1 aliphatic rings. The third-order valence-electron chi connectivity index (χ3n) is 3.58. The van der Waals surface area contributed by atoms with Crippen LogP contribution in [0, 0.1) is 6.07 Å². The van der Waals surface area contributed by atoms with Gasteiger partial charge in [-0.2, -0.15) is 0 Å². The summed E-state index contributed by atoms with van der Waals surface area (Å²) in [5.74, 6) is -0.695. The maximum absolute atomic E-state index is 11.0. The Balaban J connectivity index is 2.29. The van der Waals surface area contributed by atoms with E-state index in [0.29, 0.717) is 0 Å². The van der Waals surface area contributed by atoms with Gasteiger partial charge in [-0.25, -0.2) is 0 Å². The van der Waals surface area contributed by atoms with Gasteiger partial charge in [-0.1, -0.05) is 43.5 Å². The molecule has 2 heteroatoms. The van der Waals surface area contributed by atoms with Gasteiger partial charge in [-0.05, 0) is 24.5 Å². The van der Waals surface area contributed by atoms with Crippen molar-refractivity contribution in [3.8, 4) is 0 Å². The van der Waals surface area contributed by atoms with Gasteiger partial charge in [0.1, 0.15) is 0 Å². The van der Waals surface area contributed by atoms with Crippen molar-refractivity contribution in [1.29, 1.82) is 0 Å². The first-order valence-corrected chi connectivity index (χ1v) is 5.92. The van der Waals surface area contributed by atoms with Gasteiger partial charge in [0.15, 0.2) is 0 Å². The van der Waals surface area contributed by atoms with Crippen LogP contribution in [0.5, 0.6) is 0 Å². The lowest BCUT2D eigenvalue weighted by atomic mass is 9.67. The maximum Gasteiger partial charge on any atom is 0.304 e. The van der Waals surface area contributed by atoms with Crippen LogP contribution in [-0.2, 0) is 10.2 Å². The van der Waals surface area contributed by atoms with Crippen molar-refractivity contribution in [1.82, 2.24) is 0 Å². The number of rotatable bonds is 3. The second-order valence-electron chi connectivity index (χ2n) is 4.69. The summed E-state index contributed by atoms with van der Waals surface area (Å²) in [6.07, 6.45) is 5.72. The Kier molecular flexibility index (Phi) is 3.28. The smallest absolute Gasteiger partial charge is 0.304 e. The summed E-state index contributed by atoms with van der Waals surface area (Å²) in [7, 11) is 0. The fourth-order valence-corrected chi connectivity index (χ4v) is 2.78. The number of hydrogen-bond donors (Lipinski definition) is 1. The number of carbonyl (C=O) groups is 1. The fraction of sp³-hybridized carbons (Fsp3) is 0.500. The van der Waals surface area contributed by atoms with E-state index in [9.17, 15) is 4.79 Å². The monoisotopic (exact) mass is 217 g/mol. The van der Waals surface area contributed by atoms with Crippen LogP contribution in [0.15, 0.2) is 24.3 Å². The van der Waals surface area contributed by atoms with Crippen LogP contribution in [0.2, 0.25) is 0 Å². The highest BCUT2D eigenvalue weighted by Crippen LogP contribution is 2.41. The highest BCUT2D eigenvalue weighted by molar-refractivity contribution is 5.69. The van der Waals surface area contributed by atoms with Gasteiger partial charge in [0.05, 0.1) is 6.42 Å². The van der Waals surface area contributed by atoms with Crippen LogP contribution >= 0.6 is 0 Å². The lowest BCUT2D eigenvalue weighted by Crippen LogP contribution is -2.31. The summed E-state index contributed by atoms with van der Waals surface area (Å²) in [6, 6.07) is 11.0. The Bertz CT molecular complexity index is 350. The van der Waals surface area contributed by atoms with Gasteiger partial charge in [-0.3, -0.25) is 4.79 Å². The van der Waals surface area contributed by atoms with Crippen molar-refractivity contribution in [2.45, 2.75) is 43.9 Å². The summed E-state index contributed by atoms with van der Waals surface area (Å²) >= 11 is 0. The molecular weight excluding hydrogens is 200 g/mol. The van der Waals surface area contributed by atoms with Gasteiger partial charge < -0.3 is 5.11 Å². The maximum atomic E-state index is 11.0. The van der Waals surface area contributed by atoms with Gasteiger partial charge >= 0.3 is 5.97 Å². The molecule has 85 valence electrons. The molecule has 0 amide bonds. The third-order valence-corrected chi connectivity index (χ3v) is 3.58. The van der Waals surface area contributed by atoms with Crippen molar-refractivity contribution < 1.29 is 9.90 Å². The van der Waals surface area contributed by atoms with E-state index in [4.69, 9.17) is 5.11 Å².